The van der Waals surface area contributed by atoms with Crippen molar-refractivity contribution in [2.45, 2.75) is 143 Å². The van der Waals surface area contributed by atoms with Gasteiger partial charge in [0, 0.05) is 6.42 Å². The van der Waals surface area contributed by atoms with Crippen LogP contribution in [0.3, 0.4) is 0 Å². The number of carbonyl (C=O) groups excluding carboxylic acids is 1. The Morgan fingerprint density at radius 3 is 1.79 bits per heavy atom. The minimum atomic E-state index is 0.00123. The molecule has 0 aromatic rings. The van der Waals surface area contributed by atoms with Crippen molar-refractivity contribution in [3.05, 3.63) is 36.5 Å². The molecule has 0 saturated heterocycles. The lowest BCUT2D eigenvalue weighted by molar-refractivity contribution is -0.143. The SMILES string of the molecule is CCC=CCC=CCC=CCCCCCCCC(=O)OCCCCCCCCCCC(C)C. The van der Waals surface area contributed by atoms with Crippen molar-refractivity contribution in [2.24, 2.45) is 5.92 Å². The van der Waals surface area contributed by atoms with Crippen LogP contribution >= 0.6 is 0 Å². The average molecular weight is 461 g/mol. The van der Waals surface area contributed by atoms with E-state index in [0.717, 1.165) is 44.4 Å². The minimum Gasteiger partial charge on any atom is -0.466 e. The van der Waals surface area contributed by atoms with E-state index in [1.807, 2.05) is 0 Å². The largest absolute Gasteiger partial charge is 0.466 e. The van der Waals surface area contributed by atoms with E-state index >= 15 is 0 Å². The fraction of sp³-hybridized carbons (Fsp3) is 0.774. The van der Waals surface area contributed by atoms with E-state index < -0.39 is 0 Å². The highest BCUT2D eigenvalue weighted by Gasteiger charge is 2.02. The fourth-order valence-electron chi connectivity index (χ4n) is 3.86. The summed E-state index contributed by atoms with van der Waals surface area (Å²) in [5.74, 6) is 0.850. The number of hydrogen-bond acceptors (Lipinski definition) is 2. The Bertz CT molecular complexity index is 487. The van der Waals surface area contributed by atoms with Crippen molar-refractivity contribution in [1.82, 2.24) is 0 Å². The van der Waals surface area contributed by atoms with Crippen LogP contribution in [0.25, 0.3) is 0 Å². The predicted molar refractivity (Wildman–Crippen MR) is 147 cm³/mol. The van der Waals surface area contributed by atoms with Crippen LogP contribution in [0.2, 0.25) is 0 Å². The summed E-state index contributed by atoms with van der Waals surface area (Å²) < 4.78 is 5.39. The molecule has 0 aromatic heterocycles. The van der Waals surface area contributed by atoms with Crippen molar-refractivity contribution < 1.29 is 9.53 Å². The lowest BCUT2D eigenvalue weighted by Crippen LogP contribution is -2.05. The third-order valence-corrected chi connectivity index (χ3v) is 5.97. The van der Waals surface area contributed by atoms with Gasteiger partial charge in [0.25, 0.3) is 0 Å². The molecular weight excluding hydrogens is 404 g/mol. The molecular formula is C31H56O2. The molecule has 0 aliphatic carbocycles. The summed E-state index contributed by atoms with van der Waals surface area (Å²) in [7, 11) is 0. The van der Waals surface area contributed by atoms with Gasteiger partial charge in [-0.1, -0.05) is 128 Å². The Kier molecular flexibility index (Phi) is 25.9. The van der Waals surface area contributed by atoms with Crippen LogP contribution in [0.4, 0.5) is 0 Å². The molecule has 192 valence electrons. The highest BCUT2D eigenvalue weighted by Crippen LogP contribution is 2.13. The van der Waals surface area contributed by atoms with E-state index in [4.69, 9.17) is 4.74 Å². The first-order chi connectivity index (χ1) is 16.2. The molecule has 0 fully saturated rings. The van der Waals surface area contributed by atoms with Crippen LogP contribution in [0, 0.1) is 5.92 Å². The Labute approximate surface area is 207 Å². The number of hydrogen-bond donors (Lipinski definition) is 0. The maximum absolute atomic E-state index is 11.8. The second-order valence-electron chi connectivity index (χ2n) is 9.83. The van der Waals surface area contributed by atoms with Gasteiger partial charge >= 0.3 is 5.97 Å². The molecule has 2 heteroatoms. The highest BCUT2D eigenvalue weighted by molar-refractivity contribution is 5.69. The van der Waals surface area contributed by atoms with Gasteiger partial charge in [0.2, 0.25) is 0 Å². The van der Waals surface area contributed by atoms with Crippen molar-refractivity contribution in [1.29, 1.82) is 0 Å². The zero-order valence-electron chi connectivity index (χ0n) is 22.5. The normalized spacial score (nSPS) is 12.1. The molecule has 0 heterocycles. The smallest absolute Gasteiger partial charge is 0.305 e. The fourth-order valence-corrected chi connectivity index (χ4v) is 3.86. The molecule has 0 unspecified atom stereocenters. The van der Waals surface area contributed by atoms with Gasteiger partial charge in [-0.2, -0.15) is 0 Å². The minimum absolute atomic E-state index is 0.00123. The summed E-state index contributed by atoms with van der Waals surface area (Å²) in [4.78, 5) is 11.8. The van der Waals surface area contributed by atoms with Gasteiger partial charge in [0.05, 0.1) is 6.61 Å². The number of ether oxygens (including phenoxy) is 1. The number of allylic oxidation sites excluding steroid dienone is 6. The van der Waals surface area contributed by atoms with Gasteiger partial charge in [0.15, 0.2) is 0 Å². The summed E-state index contributed by atoms with van der Waals surface area (Å²) in [6.07, 6.45) is 36.0. The van der Waals surface area contributed by atoms with Crippen LogP contribution in [0.1, 0.15) is 143 Å². The summed E-state index contributed by atoms with van der Waals surface area (Å²) in [6.45, 7) is 7.40. The summed E-state index contributed by atoms with van der Waals surface area (Å²) >= 11 is 0. The number of esters is 1. The van der Waals surface area contributed by atoms with Gasteiger partial charge < -0.3 is 4.74 Å². The van der Waals surface area contributed by atoms with E-state index in [-0.39, 0.29) is 5.97 Å². The van der Waals surface area contributed by atoms with Crippen LogP contribution in [-0.4, -0.2) is 12.6 Å². The van der Waals surface area contributed by atoms with E-state index in [1.165, 1.54) is 77.0 Å². The topological polar surface area (TPSA) is 26.3 Å². The van der Waals surface area contributed by atoms with E-state index in [0.29, 0.717) is 13.0 Å². The van der Waals surface area contributed by atoms with Gasteiger partial charge in [-0.05, 0) is 50.9 Å². The van der Waals surface area contributed by atoms with E-state index in [1.54, 1.807) is 0 Å². The summed E-state index contributed by atoms with van der Waals surface area (Å²) in [5, 5.41) is 0. The van der Waals surface area contributed by atoms with Crippen LogP contribution in [-0.2, 0) is 9.53 Å². The molecule has 0 saturated carbocycles. The lowest BCUT2D eigenvalue weighted by atomic mass is 10.0. The molecule has 0 aliphatic rings. The molecule has 0 bridgehead atoms. The number of carbonyl (C=O) groups is 1. The molecule has 0 aliphatic heterocycles. The quantitative estimate of drug-likeness (QED) is 0.0813. The van der Waals surface area contributed by atoms with Gasteiger partial charge in [-0.25, -0.2) is 0 Å². The molecule has 0 spiro atoms. The third kappa shape index (κ3) is 28.7. The van der Waals surface area contributed by atoms with Crippen LogP contribution < -0.4 is 0 Å². The molecule has 0 amide bonds. The second kappa shape index (κ2) is 26.9. The van der Waals surface area contributed by atoms with E-state index in [9.17, 15) is 4.79 Å². The Hall–Kier alpha value is -1.31. The van der Waals surface area contributed by atoms with E-state index in [2.05, 4.69) is 57.2 Å². The highest BCUT2D eigenvalue weighted by atomic mass is 16.5. The van der Waals surface area contributed by atoms with Gasteiger partial charge in [0.1, 0.15) is 0 Å². The van der Waals surface area contributed by atoms with Gasteiger partial charge in [-0.3, -0.25) is 4.79 Å². The first kappa shape index (κ1) is 31.7. The van der Waals surface area contributed by atoms with Crippen molar-refractivity contribution >= 4 is 5.97 Å². The summed E-state index contributed by atoms with van der Waals surface area (Å²) in [5.41, 5.74) is 0. The molecule has 0 rings (SSSR count). The molecule has 0 N–H and O–H groups in total. The number of unbranched alkanes of at least 4 members (excludes halogenated alkanes) is 12. The Morgan fingerprint density at radius 2 is 1.15 bits per heavy atom. The summed E-state index contributed by atoms with van der Waals surface area (Å²) in [6, 6.07) is 0. The van der Waals surface area contributed by atoms with Crippen LogP contribution in [0.15, 0.2) is 36.5 Å². The number of rotatable bonds is 24. The maximum Gasteiger partial charge on any atom is 0.305 e. The first-order valence-corrected chi connectivity index (χ1v) is 14.3. The molecule has 2 nitrogen and oxygen atoms in total. The van der Waals surface area contributed by atoms with Crippen molar-refractivity contribution in [2.75, 3.05) is 6.61 Å². The molecule has 0 radical (unpaired) electrons. The molecule has 33 heavy (non-hydrogen) atoms. The van der Waals surface area contributed by atoms with Crippen molar-refractivity contribution in [3.8, 4) is 0 Å². The Morgan fingerprint density at radius 1 is 0.636 bits per heavy atom. The first-order valence-electron chi connectivity index (χ1n) is 14.3. The molecule has 0 aromatic carbocycles. The predicted octanol–water partition coefficient (Wildman–Crippen LogP) is 10.3. The van der Waals surface area contributed by atoms with Gasteiger partial charge in [-0.15, -0.1) is 0 Å². The third-order valence-electron chi connectivity index (χ3n) is 5.97. The standard InChI is InChI=1S/C31H56O2/c1-4-5-6-7-8-9-10-11-12-13-14-15-19-22-25-28-31(32)33-29-26-23-20-17-16-18-21-24-27-30(2)3/h5-6,8-9,11-12,30H,4,7,10,13-29H2,1-3H3. The Balaban J connectivity index is 3.27. The monoisotopic (exact) mass is 460 g/mol. The zero-order valence-corrected chi connectivity index (χ0v) is 22.5. The zero-order chi connectivity index (χ0) is 24.2. The molecule has 0 atom stereocenters. The van der Waals surface area contributed by atoms with Crippen molar-refractivity contribution in [3.63, 3.8) is 0 Å². The second-order valence-corrected chi connectivity index (χ2v) is 9.83. The van der Waals surface area contributed by atoms with Crippen LogP contribution in [0.5, 0.6) is 0 Å². The average Bonchev–Trinajstić information content (AvgIpc) is 2.79. The lowest BCUT2D eigenvalue weighted by Gasteiger charge is -2.06. The maximum atomic E-state index is 11.8.